The number of amidine groups is 1. The van der Waals surface area contributed by atoms with E-state index in [-0.39, 0.29) is 19.2 Å². The Bertz CT molecular complexity index is 272. The maximum Gasteiger partial charge on any atom is 0.282 e. The first-order valence-electron chi connectivity index (χ1n) is 4.72. The molecule has 2 aliphatic heterocycles. The molecule has 7 nitrogen and oxygen atoms in total. The minimum absolute atomic E-state index is 0.0535. The van der Waals surface area contributed by atoms with E-state index >= 15 is 0 Å². The molecule has 0 aromatic carbocycles. The van der Waals surface area contributed by atoms with Gasteiger partial charge in [0.2, 0.25) is 0 Å². The van der Waals surface area contributed by atoms with Gasteiger partial charge in [-0.3, -0.25) is 0 Å². The van der Waals surface area contributed by atoms with Gasteiger partial charge < -0.3 is 30.5 Å². The summed E-state index contributed by atoms with van der Waals surface area (Å²) in [5.74, 6) is 0. The number of rotatable bonds is 2. The minimum atomic E-state index is -1.10. The molecule has 5 atom stereocenters. The van der Waals surface area contributed by atoms with E-state index in [9.17, 15) is 10.2 Å². The number of aliphatic hydroxyl groups excluding tert-OH is 3. The van der Waals surface area contributed by atoms with E-state index in [0.29, 0.717) is 0 Å². The van der Waals surface area contributed by atoms with E-state index in [0.717, 1.165) is 0 Å². The second-order valence-corrected chi connectivity index (χ2v) is 3.65. The van der Waals surface area contributed by atoms with Crippen LogP contribution < -0.4 is 5.73 Å². The molecule has 5 N–H and O–H groups in total. The van der Waals surface area contributed by atoms with Gasteiger partial charge in [-0.1, -0.05) is 0 Å². The Hall–Kier alpha value is -0.890. The molecule has 7 heteroatoms. The topological polar surface area (TPSA) is 118 Å². The molecule has 0 aromatic rings. The van der Waals surface area contributed by atoms with Gasteiger partial charge in [0.05, 0.1) is 6.61 Å². The molecule has 2 heterocycles. The van der Waals surface area contributed by atoms with E-state index in [4.69, 9.17) is 20.3 Å². The van der Waals surface area contributed by atoms with Gasteiger partial charge in [-0.25, -0.2) is 4.99 Å². The van der Waals surface area contributed by atoms with Gasteiger partial charge in [0.25, 0.3) is 6.02 Å². The Morgan fingerprint density at radius 1 is 1.40 bits per heavy atom. The van der Waals surface area contributed by atoms with Crippen LogP contribution >= 0.6 is 0 Å². The maximum absolute atomic E-state index is 9.65. The summed E-state index contributed by atoms with van der Waals surface area (Å²) in [7, 11) is 0. The highest BCUT2D eigenvalue weighted by atomic mass is 16.6. The molecule has 1 fully saturated rings. The standard InChI is InChI=1S/C8H14N2O5/c9-8-10-3(2-14-8)7-6(13)5(12)4(1-11)15-7/h3-7,11-13H,1-2H2,(H2,9,10)/t3?,4-,5-,6-,7?/m1/s1. The second kappa shape index (κ2) is 3.93. The summed E-state index contributed by atoms with van der Waals surface area (Å²) in [4.78, 5) is 3.92. The molecular formula is C8H14N2O5. The fourth-order valence-electron chi connectivity index (χ4n) is 1.82. The van der Waals surface area contributed by atoms with Crippen molar-refractivity contribution < 1.29 is 24.8 Å². The third-order valence-electron chi connectivity index (χ3n) is 2.65. The molecule has 86 valence electrons. The average Bonchev–Trinajstić information content (AvgIpc) is 2.74. The molecule has 0 aromatic heterocycles. The Kier molecular flexibility index (Phi) is 2.79. The molecular weight excluding hydrogens is 204 g/mol. The highest BCUT2D eigenvalue weighted by Crippen LogP contribution is 2.26. The number of hydrogen-bond donors (Lipinski definition) is 4. The van der Waals surface area contributed by atoms with Gasteiger partial charge in [-0.05, 0) is 0 Å². The van der Waals surface area contributed by atoms with Crippen LogP contribution in [-0.2, 0) is 9.47 Å². The van der Waals surface area contributed by atoms with Crippen molar-refractivity contribution in [3.05, 3.63) is 0 Å². The van der Waals surface area contributed by atoms with Crippen LogP contribution in [0.4, 0.5) is 0 Å². The molecule has 0 aliphatic carbocycles. The van der Waals surface area contributed by atoms with E-state index in [1.807, 2.05) is 0 Å². The molecule has 0 bridgehead atoms. The Morgan fingerprint density at radius 3 is 2.60 bits per heavy atom. The first-order valence-corrected chi connectivity index (χ1v) is 4.72. The van der Waals surface area contributed by atoms with Crippen molar-refractivity contribution in [2.24, 2.45) is 10.7 Å². The fourth-order valence-corrected chi connectivity index (χ4v) is 1.82. The van der Waals surface area contributed by atoms with Crippen LogP contribution in [0.3, 0.4) is 0 Å². The lowest BCUT2D eigenvalue weighted by Crippen LogP contribution is -2.38. The largest absolute Gasteiger partial charge is 0.463 e. The number of nitrogens with zero attached hydrogens (tertiary/aromatic N) is 1. The molecule has 2 rings (SSSR count). The molecule has 0 radical (unpaired) electrons. The predicted octanol–water partition coefficient (Wildman–Crippen LogP) is -2.82. The number of ether oxygens (including phenoxy) is 2. The van der Waals surface area contributed by atoms with Crippen LogP contribution in [0, 0.1) is 0 Å². The molecule has 1 saturated heterocycles. The lowest BCUT2D eigenvalue weighted by atomic mass is 10.0. The Labute approximate surface area is 86.1 Å². The van der Waals surface area contributed by atoms with Gasteiger partial charge in [0, 0.05) is 0 Å². The van der Waals surface area contributed by atoms with Gasteiger partial charge in [0.1, 0.15) is 37.1 Å². The summed E-state index contributed by atoms with van der Waals surface area (Å²) in [6.07, 6.45) is -3.64. The van der Waals surface area contributed by atoms with Crippen LogP contribution in [0.2, 0.25) is 0 Å². The average molecular weight is 218 g/mol. The van der Waals surface area contributed by atoms with E-state index in [1.54, 1.807) is 0 Å². The van der Waals surface area contributed by atoms with Crippen molar-refractivity contribution >= 4 is 6.02 Å². The zero-order chi connectivity index (χ0) is 11.0. The van der Waals surface area contributed by atoms with Gasteiger partial charge in [0.15, 0.2) is 0 Å². The minimum Gasteiger partial charge on any atom is -0.463 e. The van der Waals surface area contributed by atoms with E-state index in [2.05, 4.69) is 4.99 Å². The molecule has 2 unspecified atom stereocenters. The molecule has 0 spiro atoms. The van der Waals surface area contributed by atoms with E-state index < -0.39 is 30.5 Å². The highest BCUT2D eigenvalue weighted by molar-refractivity contribution is 5.73. The molecule has 0 saturated carbocycles. The zero-order valence-corrected chi connectivity index (χ0v) is 7.98. The second-order valence-electron chi connectivity index (χ2n) is 3.65. The van der Waals surface area contributed by atoms with E-state index in [1.165, 1.54) is 0 Å². The number of hydrogen-bond acceptors (Lipinski definition) is 7. The molecule has 15 heavy (non-hydrogen) atoms. The maximum atomic E-state index is 9.65. The fraction of sp³-hybridized carbons (Fsp3) is 0.875. The quantitative estimate of drug-likeness (QED) is 0.397. The number of nitrogens with two attached hydrogens (primary N) is 1. The third kappa shape index (κ3) is 1.78. The normalized spacial score (nSPS) is 45.3. The van der Waals surface area contributed by atoms with Gasteiger partial charge in [-0.15, -0.1) is 0 Å². The van der Waals surface area contributed by atoms with Gasteiger partial charge >= 0.3 is 0 Å². The monoisotopic (exact) mass is 218 g/mol. The lowest BCUT2D eigenvalue weighted by Gasteiger charge is -2.17. The van der Waals surface area contributed by atoms with Crippen molar-refractivity contribution in [3.63, 3.8) is 0 Å². The predicted molar refractivity (Wildman–Crippen MR) is 49.1 cm³/mol. The highest BCUT2D eigenvalue weighted by Gasteiger charge is 2.47. The van der Waals surface area contributed by atoms with Crippen molar-refractivity contribution in [1.82, 2.24) is 0 Å². The van der Waals surface area contributed by atoms with Crippen LogP contribution in [-0.4, -0.2) is 65.0 Å². The number of aliphatic hydroxyl groups is 3. The number of aliphatic imine (C=N–C) groups is 1. The van der Waals surface area contributed by atoms with Crippen LogP contribution in [0.5, 0.6) is 0 Å². The molecule has 0 amide bonds. The van der Waals surface area contributed by atoms with Crippen LogP contribution in [0.1, 0.15) is 0 Å². The molecule has 2 aliphatic rings. The summed E-state index contributed by atoms with van der Waals surface area (Å²) in [5.41, 5.74) is 5.32. The SMILES string of the molecule is NC1=NC(C2O[C@H](CO)[C@@H](O)[C@H]2O)CO1. The van der Waals surface area contributed by atoms with Gasteiger partial charge in [-0.2, -0.15) is 0 Å². The Morgan fingerprint density at radius 2 is 2.13 bits per heavy atom. The summed E-state index contributed by atoms with van der Waals surface area (Å²) in [6, 6.07) is -0.371. The summed E-state index contributed by atoms with van der Waals surface area (Å²) in [5, 5.41) is 28.0. The first kappa shape index (κ1) is 10.6. The van der Waals surface area contributed by atoms with Crippen molar-refractivity contribution in [2.75, 3.05) is 13.2 Å². The lowest BCUT2D eigenvalue weighted by molar-refractivity contribution is -0.0312. The Balaban J connectivity index is 2.05. The van der Waals surface area contributed by atoms with Crippen molar-refractivity contribution in [2.45, 2.75) is 30.5 Å². The van der Waals surface area contributed by atoms with Crippen LogP contribution in [0.15, 0.2) is 4.99 Å². The zero-order valence-electron chi connectivity index (χ0n) is 7.98. The first-order chi connectivity index (χ1) is 7.13. The smallest absolute Gasteiger partial charge is 0.282 e. The van der Waals surface area contributed by atoms with Crippen molar-refractivity contribution in [1.29, 1.82) is 0 Å². The van der Waals surface area contributed by atoms with Crippen molar-refractivity contribution in [3.8, 4) is 0 Å². The third-order valence-corrected chi connectivity index (χ3v) is 2.65. The summed E-state index contributed by atoms with van der Waals surface area (Å²) in [6.45, 7) is -0.125. The van der Waals surface area contributed by atoms with Crippen LogP contribution in [0.25, 0.3) is 0 Å². The summed E-state index contributed by atoms with van der Waals surface area (Å²) >= 11 is 0. The summed E-state index contributed by atoms with van der Waals surface area (Å²) < 4.78 is 10.2.